The quantitative estimate of drug-likeness (QED) is 0.169. The molecule has 0 aromatic heterocycles. The molecular weight excluding hydrogens is 296 g/mol. The molecule has 0 saturated heterocycles. The van der Waals surface area contributed by atoms with Crippen molar-refractivity contribution < 1.29 is 0 Å². The molecule has 0 heterocycles. The lowest BCUT2D eigenvalue weighted by atomic mass is 10.0. The van der Waals surface area contributed by atoms with Crippen LogP contribution >= 0.6 is 15.9 Å². The van der Waals surface area contributed by atoms with Crippen LogP contribution in [0.1, 0.15) is 83.5 Å². The van der Waals surface area contributed by atoms with Crippen LogP contribution in [0.4, 0.5) is 0 Å². The molecule has 0 atom stereocenters. The molecular formula is C18H33Br. The number of hydrogen-bond acceptors (Lipinski definition) is 0. The Hall–Kier alpha value is -0.0400. The maximum atomic E-state index is 3.68. The van der Waals surface area contributed by atoms with E-state index in [1.807, 2.05) is 6.08 Å². The van der Waals surface area contributed by atoms with E-state index < -0.39 is 0 Å². The fraction of sp³-hybridized carbons (Fsp3) is 0.778. The number of halogens is 1. The van der Waals surface area contributed by atoms with Crippen molar-refractivity contribution in [3.05, 3.63) is 24.8 Å². The molecule has 0 saturated carbocycles. The minimum Gasteiger partial charge on any atom is -0.0991 e. The molecule has 0 amide bonds. The van der Waals surface area contributed by atoms with Gasteiger partial charge in [0, 0.05) is 5.33 Å². The van der Waals surface area contributed by atoms with Crippen LogP contribution in [-0.2, 0) is 0 Å². The first kappa shape index (κ1) is 19.0. The van der Waals surface area contributed by atoms with Gasteiger partial charge in [0.05, 0.1) is 0 Å². The van der Waals surface area contributed by atoms with Crippen molar-refractivity contribution >= 4 is 15.9 Å². The fourth-order valence-electron chi connectivity index (χ4n) is 2.32. The van der Waals surface area contributed by atoms with Crippen LogP contribution in [-0.4, -0.2) is 5.33 Å². The van der Waals surface area contributed by atoms with Gasteiger partial charge >= 0.3 is 0 Å². The Kier molecular flexibility index (Phi) is 17.9. The van der Waals surface area contributed by atoms with Gasteiger partial charge in [0.2, 0.25) is 0 Å². The van der Waals surface area contributed by atoms with Gasteiger partial charge in [-0.25, -0.2) is 0 Å². The molecule has 0 aliphatic carbocycles. The first-order chi connectivity index (χ1) is 9.41. The second kappa shape index (κ2) is 18.0. The summed E-state index contributed by atoms with van der Waals surface area (Å²) in [5.74, 6) is 0. The molecule has 0 aromatic rings. The number of unbranched alkanes of at least 4 members (excludes halogenated alkanes) is 12. The van der Waals surface area contributed by atoms with Gasteiger partial charge in [-0.3, -0.25) is 0 Å². The topological polar surface area (TPSA) is 0 Å². The molecule has 0 spiro atoms. The van der Waals surface area contributed by atoms with E-state index in [9.17, 15) is 0 Å². The first-order valence-corrected chi connectivity index (χ1v) is 9.37. The van der Waals surface area contributed by atoms with E-state index in [1.165, 1.54) is 88.8 Å². The van der Waals surface area contributed by atoms with Gasteiger partial charge in [-0.05, 0) is 19.3 Å². The van der Waals surface area contributed by atoms with Gasteiger partial charge < -0.3 is 0 Å². The number of hydrogen-bond donors (Lipinski definition) is 0. The van der Waals surface area contributed by atoms with E-state index in [2.05, 4.69) is 34.7 Å². The molecule has 0 radical (unpaired) electrons. The van der Waals surface area contributed by atoms with Gasteiger partial charge in [0.15, 0.2) is 0 Å². The van der Waals surface area contributed by atoms with Gasteiger partial charge in [-0.2, -0.15) is 0 Å². The highest BCUT2D eigenvalue weighted by atomic mass is 79.9. The molecule has 112 valence electrons. The van der Waals surface area contributed by atoms with Gasteiger partial charge in [0.1, 0.15) is 0 Å². The maximum absolute atomic E-state index is 3.68. The Morgan fingerprint density at radius 2 is 1.05 bits per heavy atom. The summed E-state index contributed by atoms with van der Waals surface area (Å²) in [5, 5.41) is 1.18. The highest BCUT2D eigenvalue weighted by molar-refractivity contribution is 9.09. The second-order valence-corrected chi connectivity index (χ2v) is 6.18. The Balaban J connectivity index is 2.95. The summed E-state index contributed by atoms with van der Waals surface area (Å²) < 4.78 is 0. The third-order valence-corrected chi connectivity index (χ3v) is 4.09. The Morgan fingerprint density at radius 3 is 1.47 bits per heavy atom. The maximum Gasteiger partial charge on any atom is 0.00313 e. The normalized spacial score (nSPS) is 11.2. The minimum absolute atomic E-state index is 1.18. The SMILES string of the molecule is C=C/C=C/CCCCCCCCCCCCCCBr. The Bertz CT molecular complexity index is 196. The molecule has 0 fully saturated rings. The van der Waals surface area contributed by atoms with Crippen molar-refractivity contribution in [1.29, 1.82) is 0 Å². The summed E-state index contributed by atoms with van der Waals surface area (Å²) in [7, 11) is 0. The highest BCUT2D eigenvalue weighted by Crippen LogP contribution is 2.12. The van der Waals surface area contributed by atoms with Crippen molar-refractivity contribution in [2.75, 3.05) is 5.33 Å². The number of rotatable bonds is 15. The third kappa shape index (κ3) is 18.0. The van der Waals surface area contributed by atoms with E-state index in [0.29, 0.717) is 0 Å². The zero-order chi connectivity index (χ0) is 14.0. The zero-order valence-corrected chi connectivity index (χ0v) is 14.3. The van der Waals surface area contributed by atoms with Crippen molar-refractivity contribution in [3.8, 4) is 0 Å². The van der Waals surface area contributed by atoms with Crippen LogP contribution in [0.3, 0.4) is 0 Å². The molecule has 0 bridgehead atoms. The lowest BCUT2D eigenvalue weighted by Crippen LogP contribution is -1.83. The third-order valence-electron chi connectivity index (χ3n) is 3.53. The Morgan fingerprint density at radius 1 is 0.632 bits per heavy atom. The second-order valence-electron chi connectivity index (χ2n) is 5.38. The lowest BCUT2D eigenvalue weighted by Gasteiger charge is -2.02. The van der Waals surface area contributed by atoms with Crippen LogP contribution < -0.4 is 0 Å². The number of alkyl halides is 1. The minimum atomic E-state index is 1.18. The standard InChI is InChI=1S/C18H33Br/c1-2-3-4-5-6-7-8-9-10-11-12-13-14-15-16-17-18-19/h2-4H,1,5-18H2/b4-3+. The first-order valence-electron chi connectivity index (χ1n) is 8.25. The molecule has 0 nitrogen and oxygen atoms in total. The van der Waals surface area contributed by atoms with Crippen LogP contribution in [0, 0.1) is 0 Å². The highest BCUT2D eigenvalue weighted by Gasteiger charge is 1.93. The van der Waals surface area contributed by atoms with Gasteiger partial charge in [0.25, 0.3) is 0 Å². The molecule has 0 unspecified atom stereocenters. The van der Waals surface area contributed by atoms with Crippen molar-refractivity contribution in [1.82, 2.24) is 0 Å². The van der Waals surface area contributed by atoms with Crippen LogP contribution in [0.2, 0.25) is 0 Å². The molecule has 0 aliphatic rings. The van der Waals surface area contributed by atoms with Gasteiger partial charge in [-0.1, -0.05) is 105 Å². The predicted octanol–water partition coefficient (Wildman–Crippen LogP) is 7.19. The summed E-state index contributed by atoms with van der Waals surface area (Å²) >= 11 is 3.48. The van der Waals surface area contributed by atoms with E-state index in [1.54, 1.807) is 0 Å². The van der Waals surface area contributed by atoms with Crippen LogP contribution in [0.5, 0.6) is 0 Å². The summed E-state index contributed by atoms with van der Waals surface area (Å²) in [4.78, 5) is 0. The van der Waals surface area contributed by atoms with Crippen molar-refractivity contribution in [3.63, 3.8) is 0 Å². The van der Waals surface area contributed by atoms with Crippen molar-refractivity contribution in [2.24, 2.45) is 0 Å². The summed E-state index contributed by atoms with van der Waals surface area (Å²) in [6, 6.07) is 0. The van der Waals surface area contributed by atoms with Crippen molar-refractivity contribution in [2.45, 2.75) is 83.5 Å². The largest absolute Gasteiger partial charge is 0.0991 e. The molecule has 19 heavy (non-hydrogen) atoms. The van der Waals surface area contributed by atoms with E-state index >= 15 is 0 Å². The average molecular weight is 329 g/mol. The molecule has 0 aliphatic heterocycles. The smallest absolute Gasteiger partial charge is 0.00313 e. The van der Waals surface area contributed by atoms with E-state index in [0.717, 1.165) is 0 Å². The summed E-state index contributed by atoms with van der Waals surface area (Å²) in [6.07, 6.45) is 24.4. The Labute approximate surface area is 129 Å². The number of allylic oxidation sites excluding steroid dienone is 3. The summed E-state index contributed by atoms with van der Waals surface area (Å²) in [5.41, 5.74) is 0. The average Bonchev–Trinajstić information content (AvgIpc) is 2.43. The molecule has 0 N–H and O–H groups in total. The summed E-state index contributed by atoms with van der Waals surface area (Å²) in [6.45, 7) is 3.68. The van der Waals surface area contributed by atoms with Crippen LogP contribution in [0.25, 0.3) is 0 Å². The fourth-order valence-corrected chi connectivity index (χ4v) is 2.71. The molecule has 0 aromatic carbocycles. The monoisotopic (exact) mass is 328 g/mol. The molecule has 1 heteroatoms. The van der Waals surface area contributed by atoms with E-state index in [-0.39, 0.29) is 0 Å². The van der Waals surface area contributed by atoms with Gasteiger partial charge in [-0.15, -0.1) is 0 Å². The lowest BCUT2D eigenvalue weighted by molar-refractivity contribution is 0.545. The zero-order valence-electron chi connectivity index (χ0n) is 12.7. The molecule has 0 rings (SSSR count). The van der Waals surface area contributed by atoms with Crippen LogP contribution in [0.15, 0.2) is 24.8 Å². The predicted molar refractivity (Wildman–Crippen MR) is 93.2 cm³/mol. The van der Waals surface area contributed by atoms with E-state index in [4.69, 9.17) is 0 Å².